The predicted molar refractivity (Wildman–Crippen MR) is 110 cm³/mol. The molecule has 0 aromatic carbocycles. The summed E-state index contributed by atoms with van der Waals surface area (Å²) in [6.45, 7) is 6.35. The lowest BCUT2D eigenvalue weighted by molar-refractivity contribution is 0.0688. The van der Waals surface area contributed by atoms with E-state index in [1.165, 1.54) is 7.11 Å². The van der Waals surface area contributed by atoms with Crippen molar-refractivity contribution in [3.05, 3.63) is 28.1 Å². The number of carboxylic acids is 1. The first-order valence-electron chi connectivity index (χ1n) is 9.63. The van der Waals surface area contributed by atoms with Gasteiger partial charge in [-0.3, -0.25) is 4.79 Å². The van der Waals surface area contributed by atoms with E-state index in [4.69, 9.17) is 20.8 Å². The van der Waals surface area contributed by atoms with Crippen molar-refractivity contribution >= 4 is 35.2 Å². The lowest BCUT2D eigenvalue weighted by atomic mass is 10.1. The molecule has 1 atom stereocenters. The van der Waals surface area contributed by atoms with Crippen LogP contribution in [0.5, 0.6) is 0 Å². The summed E-state index contributed by atoms with van der Waals surface area (Å²) in [6.07, 6.45) is 0.556. The van der Waals surface area contributed by atoms with Crippen LogP contribution in [-0.2, 0) is 11.2 Å². The zero-order valence-electron chi connectivity index (χ0n) is 17.2. The molecule has 2 aromatic heterocycles. The number of piperidine rings is 1. The third-order valence-electron chi connectivity index (χ3n) is 4.85. The molecule has 0 radical (unpaired) electrons. The van der Waals surface area contributed by atoms with Gasteiger partial charge in [0.2, 0.25) is 0 Å². The normalized spacial score (nSPS) is 18.4. The fourth-order valence-electron chi connectivity index (χ4n) is 3.23. The Morgan fingerprint density at radius 2 is 2.17 bits per heavy atom. The first kappa shape index (κ1) is 22.0. The molecule has 0 aliphatic carbocycles. The Kier molecular flexibility index (Phi) is 6.57. The summed E-state index contributed by atoms with van der Waals surface area (Å²) in [7, 11) is 1.52. The predicted octanol–water partition coefficient (Wildman–Crippen LogP) is 2.94. The molecular weight excluding hydrogens is 414 g/mol. The lowest BCUT2D eigenvalue weighted by Gasteiger charge is -2.31. The number of anilines is 1. The fraction of sp³-hybridized carbons (Fsp3) is 0.526. The fourth-order valence-corrected chi connectivity index (χ4v) is 3.49. The molecule has 2 N–H and O–H groups in total. The molecule has 3 heterocycles. The molecule has 11 heteroatoms. The van der Waals surface area contributed by atoms with E-state index in [0.29, 0.717) is 43.1 Å². The van der Waals surface area contributed by atoms with Gasteiger partial charge in [-0.1, -0.05) is 32.4 Å². The van der Waals surface area contributed by atoms with Crippen LogP contribution >= 0.6 is 11.6 Å². The van der Waals surface area contributed by atoms with Gasteiger partial charge in [-0.15, -0.1) is 0 Å². The number of carboxylic acid groups (broad SMARTS) is 1. The second-order valence-corrected chi connectivity index (χ2v) is 7.56. The maximum Gasteiger partial charge on any atom is 0.358 e. The number of oxazole rings is 1. The Morgan fingerprint density at radius 3 is 2.70 bits per heavy atom. The van der Waals surface area contributed by atoms with Crippen molar-refractivity contribution in [2.24, 2.45) is 4.99 Å². The van der Waals surface area contributed by atoms with Gasteiger partial charge in [0, 0.05) is 26.0 Å². The number of ether oxygens (including phenoxy) is 1. The lowest BCUT2D eigenvalue weighted by Crippen LogP contribution is -2.45. The van der Waals surface area contributed by atoms with E-state index in [-0.39, 0.29) is 28.6 Å². The molecule has 1 fully saturated rings. The average molecular weight is 438 g/mol. The molecule has 1 amide bonds. The van der Waals surface area contributed by atoms with Gasteiger partial charge in [0.1, 0.15) is 11.9 Å². The second kappa shape index (κ2) is 8.97. The number of rotatable bonds is 6. The van der Waals surface area contributed by atoms with Crippen LogP contribution in [0.3, 0.4) is 0 Å². The number of aryl methyl sites for hydroxylation is 1. The van der Waals surface area contributed by atoms with Crippen molar-refractivity contribution in [1.82, 2.24) is 15.0 Å². The zero-order chi connectivity index (χ0) is 22.0. The highest BCUT2D eigenvalue weighted by Gasteiger charge is 2.31. The quantitative estimate of drug-likeness (QED) is 0.704. The molecule has 0 bridgehead atoms. The number of nitrogens with zero attached hydrogens (tertiary/aromatic N) is 4. The van der Waals surface area contributed by atoms with E-state index >= 15 is 0 Å². The largest absolute Gasteiger partial charge is 0.476 e. The molecule has 0 saturated carbocycles. The highest BCUT2D eigenvalue weighted by Crippen LogP contribution is 2.27. The number of aromatic carboxylic acids is 1. The number of aromatic amines is 1. The number of aliphatic imine (C=N–C) groups is 1. The summed E-state index contributed by atoms with van der Waals surface area (Å²) in [5.74, 6) is -1.37. The van der Waals surface area contributed by atoms with Crippen LogP contribution < -0.4 is 4.90 Å². The Hall–Kier alpha value is -2.72. The van der Waals surface area contributed by atoms with Crippen molar-refractivity contribution in [3.63, 3.8) is 0 Å². The van der Waals surface area contributed by atoms with Crippen molar-refractivity contribution in [2.75, 3.05) is 25.1 Å². The number of carbonyl (C=O) groups excluding carboxylic acids is 1. The Bertz CT molecular complexity index is 980. The smallest absolute Gasteiger partial charge is 0.358 e. The van der Waals surface area contributed by atoms with Gasteiger partial charge in [-0.2, -0.15) is 4.98 Å². The van der Waals surface area contributed by atoms with Gasteiger partial charge >= 0.3 is 11.9 Å². The number of carbonyl (C=O) groups is 2. The van der Waals surface area contributed by atoms with Gasteiger partial charge in [0.15, 0.2) is 16.7 Å². The molecule has 1 saturated heterocycles. The highest BCUT2D eigenvalue weighted by molar-refractivity contribution is 6.30. The van der Waals surface area contributed by atoms with Crippen LogP contribution in [0.15, 0.2) is 9.41 Å². The molecule has 0 spiro atoms. The molecule has 1 aliphatic heterocycles. The van der Waals surface area contributed by atoms with E-state index in [9.17, 15) is 14.7 Å². The first-order valence-corrected chi connectivity index (χ1v) is 10.0. The number of hydrogen-bond acceptors (Lipinski definition) is 7. The third-order valence-corrected chi connectivity index (χ3v) is 5.16. The highest BCUT2D eigenvalue weighted by atomic mass is 35.5. The van der Waals surface area contributed by atoms with Crippen molar-refractivity contribution in [2.45, 2.75) is 45.6 Å². The summed E-state index contributed by atoms with van der Waals surface area (Å²) in [5.41, 5.74) is 1.15. The summed E-state index contributed by atoms with van der Waals surface area (Å²) in [5, 5.41) is 9.63. The average Bonchev–Trinajstić information content (AvgIpc) is 3.32. The van der Waals surface area contributed by atoms with Crippen LogP contribution in [0.25, 0.3) is 0 Å². The number of aromatic nitrogens is 3. The number of H-pyrrole nitrogens is 1. The monoisotopic (exact) mass is 437 g/mol. The molecular formula is C19H24ClN5O5. The van der Waals surface area contributed by atoms with E-state index in [2.05, 4.69) is 19.9 Å². The number of amides is 1. The maximum absolute atomic E-state index is 12.5. The van der Waals surface area contributed by atoms with E-state index in [0.717, 1.165) is 0 Å². The third kappa shape index (κ3) is 4.39. The van der Waals surface area contributed by atoms with Gasteiger partial charge < -0.3 is 24.1 Å². The standard InChI is InChI=1S/C19H24ClN5O5/c1-5-10-15(20)24-16(21-10)17(26)22-11-6-7-25(8-12(11)29-4)19-23-13(18(27)28)14(30-19)9(2)3/h9,12H,5-8H2,1-4H3,(H,21,24)(H,27,28). The zero-order valence-corrected chi connectivity index (χ0v) is 18.0. The van der Waals surface area contributed by atoms with Crippen LogP contribution in [0.2, 0.25) is 5.15 Å². The molecule has 1 unspecified atom stereocenters. The summed E-state index contributed by atoms with van der Waals surface area (Å²) in [6, 6.07) is 0.217. The van der Waals surface area contributed by atoms with Crippen LogP contribution in [-0.4, -0.2) is 63.9 Å². The van der Waals surface area contributed by atoms with E-state index < -0.39 is 18.0 Å². The number of methoxy groups -OCH3 is 1. The van der Waals surface area contributed by atoms with Gasteiger partial charge in [-0.05, 0) is 6.42 Å². The summed E-state index contributed by atoms with van der Waals surface area (Å²) < 4.78 is 11.2. The Morgan fingerprint density at radius 1 is 1.43 bits per heavy atom. The number of nitrogens with one attached hydrogen (secondary N) is 1. The molecule has 10 nitrogen and oxygen atoms in total. The Balaban J connectivity index is 1.79. The molecule has 162 valence electrons. The van der Waals surface area contributed by atoms with Gasteiger partial charge in [0.25, 0.3) is 6.01 Å². The minimum absolute atomic E-state index is 0.0852. The summed E-state index contributed by atoms with van der Waals surface area (Å²) >= 11 is 6.00. The van der Waals surface area contributed by atoms with Crippen LogP contribution in [0.1, 0.15) is 65.7 Å². The minimum atomic E-state index is -1.13. The SMILES string of the molecule is CCc1[nH]c(C(=O)N=C2CCN(c3nc(C(=O)O)c(C(C)C)o3)CC2OC)nc1Cl. The molecule has 3 rings (SSSR count). The Labute approximate surface area is 178 Å². The van der Waals surface area contributed by atoms with Gasteiger partial charge in [0.05, 0.1) is 18.0 Å². The van der Waals surface area contributed by atoms with Crippen LogP contribution in [0.4, 0.5) is 6.01 Å². The second-order valence-electron chi connectivity index (χ2n) is 7.21. The van der Waals surface area contributed by atoms with Crippen molar-refractivity contribution < 1.29 is 23.8 Å². The molecule has 30 heavy (non-hydrogen) atoms. The van der Waals surface area contributed by atoms with E-state index in [1.807, 2.05) is 20.8 Å². The van der Waals surface area contributed by atoms with Gasteiger partial charge in [-0.25, -0.2) is 14.8 Å². The van der Waals surface area contributed by atoms with E-state index in [1.54, 1.807) is 4.90 Å². The number of hydrogen-bond donors (Lipinski definition) is 2. The summed E-state index contributed by atoms with van der Waals surface area (Å²) in [4.78, 5) is 41.0. The molecule has 2 aromatic rings. The first-order chi connectivity index (χ1) is 14.2. The van der Waals surface area contributed by atoms with Crippen LogP contribution in [0, 0.1) is 0 Å². The van der Waals surface area contributed by atoms with Crippen molar-refractivity contribution in [1.29, 1.82) is 0 Å². The number of imidazole rings is 1. The molecule has 1 aliphatic rings. The minimum Gasteiger partial charge on any atom is -0.476 e. The topological polar surface area (TPSA) is 134 Å². The van der Waals surface area contributed by atoms with Crippen molar-refractivity contribution in [3.8, 4) is 0 Å². The maximum atomic E-state index is 12.5. The number of halogens is 1.